The smallest absolute Gasteiger partial charge is 0.268 e. The summed E-state index contributed by atoms with van der Waals surface area (Å²) in [6, 6.07) is 3.38. The summed E-state index contributed by atoms with van der Waals surface area (Å²) >= 11 is 5.93. The van der Waals surface area contributed by atoms with E-state index in [2.05, 4.69) is 20.6 Å². The quantitative estimate of drug-likeness (QED) is 0.871. The Bertz CT molecular complexity index is 771. The first-order valence-electron chi connectivity index (χ1n) is 7.27. The molecule has 23 heavy (non-hydrogen) atoms. The standard InChI is InChI=1S/C15H16ClN5O2/c1-3-21-9(2)10(8-18-21)12-7-13(23-20-12)15(22)19-11-5-4-6-17-14(11)16/h4-6,8,13H,3,7H2,1-2H3,(H,19,22). The monoisotopic (exact) mass is 333 g/mol. The summed E-state index contributed by atoms with van der Waals surface area (Å²) in [4.78, 5) is 21.5. The number of oxime groups is 1. The number of aryl methyl sites for hydroxylation is 1. The van der Waals surface area contributed by atoms with Gasteiger partial charge in [-0.2, -0.15) is 5.10 Å². The van der Waals surface area contributed by atoms with Crippen molar-refractivity contribution in [1.29, 1.82) is 0 Å². The van der Waals surface area contributed by atoms with Gasteiger partial charge in [0.2, 0.25) is 6.10 Å². The lowest BCUT2D eigenvalue weighted by molar-refractivity contribution is -0.125. The molecule has 2 aromatic rings. The van der Waals surface area contributed by atoms with Crippen molar-refractivity contribution in [3.63, 3.8) is 0 Å². The highest BCUT2D eigenvalue weighted by Gasteiger charge is 2.30. The molecule has 1 atom stereocenters. The van der Waals surface area contributed by atoms with Crippen LogP contribution in [0.1, 0.15) is 24.6 Å². The highest BCUT2D eigenvalue weighted by molar-refractivity contribution is 6.32. The zero-order chi connectivity index (χ0) is 16.4. The van der Waals surface area contributed by atoms with Crippen molar-refractivity contribution in [2.45, 2.75) is 32.9 Å². The molecule has 0 bridgehead atoms. The molecular weight excluding hydrogens is 318 g/mol. The van der Waals surface area contributed by atoms with Crippen molar-refractivity contribution < 1.29 is 9.63 Å². The van der Waals surface area contributed by atoms with Crippen LogP contribution < -0.4 is 5.32 Å². The van der Waals surface area contributed by atoms with Gasteiger partial charge in [-0.25, -0.2) is 4.98 Å². The predicted octanol–water partition coefficient (Wildman–Crippen LogP) is 2.39. The molecule has 3 rings (SSSR count). The first-order chi connectivity index (χ1) is 11.1. The van der Waals surface area contributed by atoms with Crippen LogP contribution in [-0.2, 0) is 16.2 Å². The van der Waals surface area contributed by atoms with Crippen LogP contribution in [-0.4, -0.2) is 32.5 Å². The molecule has 3 heterocycles. The van der Waals surface area contributed by atoms with Gasteiger partial charge >= 0.3 is 0 Å². The zero-order valence-corrected chi connectivity index (χ0v) is 13.5. The molecule has 1 aliphatic heterocycles. The van der Waals surface area contributed by atoms with Crippen molar-refractivity contribution >= 4 is 28.9 Å². The van der Waals surface area contributed by atoms with E-state index in [9.17, 15) is 4.79 Å². The van der Waals surface area contributed by atoms with E-state index in [4.69, 9.17) is 16.4 Å². The van der Waals surface area contributed by atoms with Gasteiger partial charge in [0.15, 0.2) is 5.15 Å². The van der Waals surface area contributed by atoms with E-state index in [1.807, 2.05) is 18.5 Å². The molecule has 1 amide bonds. The molecule has 0 saturated carbocycles. The Hall–Kier alpha value is -2.41. The molecule has 0 radical (unpaired) electrons. The number of carbonyl (C=O) groups is 1. The number of anilines is 1. The number of halogens is 1. The van der Waals surface area contributed by atoms with Crippen molar-refractivity contribution in [2.75, 3.05) is 5.32 Å². The van der Waals surface area contributed by atoms with E-state index >= 15 is 0 Å². The van der Waals surface area contributed by atoms with Gasteiger partial charge in [-0.1, -0.05) is 16.8 Å². The van der Waals surface area contributed by atoms with Crippen LogP contribution in [0.2, 0.25) is 5.15 Å². The largest absolute Gasteiger partial charge is 0.382 e. The average Bonchev–Trinajstić information content (AvgIpc) is 3.16. The van der Waals surface area contributed by atoms with Crippen molar-refractivity contribution in [2.24, 2.45) is 5.16 Å². The Kier molecular flexibility index (Phi) is 4.29. The number of carbonyl (C=O) groups excluding carboxylic acids is 1. The van der Waals surface area contributed by atoms with Crippen molar-refractivity contribution in [3.8, 4) is 0 Å². The van der Waals surface area contributed by atoms with E-state index in [1.165, 1.54) is 0 Å². The fourth-order valence-corrected chi connectivity index (χ4v) is 2.58. The summed E-state index contributed by atoms with van der Waals surface area (Å²) < 4.78 is 1.88. The highest BCUT2D eigenvalue weighted by Crippen LogP contribution is 2.22. The molecule has 0 aliphatic carbocycles. The summed E-state index contributed by atoms with van der Waals surface area (Å²) in [6.07, 6.45) is 3.00. The Labute approximate surface area is 138 Å². The van der Waals surface area contributed by atoms with Crippen LogP contribution in [0, 0.1) is 6.92 Å². The molecule has 1 unspecified atom stereocenters. The van der Waals surface area contributed by atoms with Gasteiger partial charge in [-0.3, -0.25) is 9.48 Å². The second kappa shape index (κ2) is 6.37. The number of hydrogen-bond donors (Lipinski definition) is 1. The summed E-state index contributed by atoms with van der Waals surface area (Å²) in [5.41, 5.74) is 3.08. The summed E-state index contributed by atoms with van der Waals surface area (Å²) in [7, 11) is 0. The lowest BCUT2D eigenvalue weighted by Crippen LogP contribution is -2.28. The first-order valence-corrected chi connectivity index (χ1v) is 7.64. The summed E-state index contributed by atoms with van der Waals surface area (Å²) in [5.74, 6) is -0.306. The van der Waals surface area contributed by atoms with E-state index in [1.54, 1.807) is 24.5 Å². The van der Waals surface area contributed by atoms with Crippen LogP contribution in [0.5, 0.6) is 0 Å². The maximum absolute atomic E-state index is 12.3. The second-order valence-electron chi connectivity index (χ2n) is 5.13. The summed E-state index contributed by atoms with van der Waals surface area (Å²) in [5, 5.41) is 11.3. The molecule has 120 valence electrons. The zero-order valence-electron chi connectivity index (χ0n) is 12.8. The molecule has 1 aliphatic rings. The lowest BCUT2D eigenvalue weighted by atomic mass is 10.1. The fourth-order valence-electron chi connectivity index (χ4n) is 2.42. The van der Waals surface area contributed by atoms with Crippen LogP contribution >= 0.6 is 11.6 Å². The van der Waals surface area contributed by atoms with Crippen LogP contribution in [0.3, 0.4) is 0 Å². The number of aromatic nitrogens is 3. The number of rotatable bonds is 4. The predicted molar refractivity (Wildman–Crippen MR) is 86.5 cm³/mol. The Balaban J connectivity index is 1.68. The molecule has 0 spiro atoms. The van der Waals surface area contributed by atoms with Crippen molar-refractivity contribution in [1.82, 2.24) is 14.8 Å². The first kappa shape index (κ1) is 15.5. The topological polar surface area (TPSA) is 81.4 Å². The molecule has 0 aromatic carbocycles. The van der Waals surface area contributed by atoms with Gasteiger partial charge in [0.05, 0.1) is 17.6 Å². The highest BCUT2D eigenvalue weighted by atomic mass is 35.5. The molecule has 8 heteroatoms. The molecule has 7 nitrogen and oxygen atoms in total. The van der Waals surface area contributed by atoms with Gasteiger partial charge in [-0.15, -0.1) is 0 Å². The van der Waals surface area contributed by atoms with Crippen LogP contribution in [0.25, 0.3) is 0 Å². The minimum Gasteiger partial charge on any atom is -0.382 e. The Morgan fingerprint density at radius 1 is 1.57 bits per heavy atom. The Morgan fingerprint density at radius 3 is 3.09 bits per heavy atom. The second-order valence-corrected chi connectivity index (χ2v) is 5.48. The molecule has 0 fully saturated rings. The maximum atomic E-state index is 12.3. The number of pyridine rings is 1. The third kappa shape index (κ3) is 3.05. The van der Waals surface area contributed by atoms with Crippen LogP contribution in [0.4, 0.5) is 5.69 Å². The van der Waals surface area contributed by atoms with Gasteiger partial charge in [0.1, 0.15) is 0 Å². The van der Waals surface area contributed by atoms with E-state index in [-0.39, 0.29) is 11.1 Å². The van der Waals surface area contributed by atoms with E-state index in [0.717, 1.165) is 23.5 Å². The number of nitrogens with one attached hydrogen (secondary N) is 1. The normalized spacial score (nSPS) is 16.8. The average molecular weight is 334 g/mol. The molecule has 1 N–H and O–H groups in total. The third-order valence-corrected chi connectivity index (χ3v) is 3.99. The van der Waals surface area contributed by atoms with Gasteiger partial charge < -0.3 is 10.2 Å². The van der Waals surface area contributed by atoms with E-state index < -0.39 is 6.10 Å². The number of nitrogens with zero attached hydrogens (tertiary/aromatic N) is 4. The fraction of sp³-hybridized carbons (Fsp3) is 0.333. The van der Waals surface area contributed by atoms with Gasteiger partial charge in [0, 0.05) is 30.4 Å². The van der Waals surface area contributed by atoms with Gasteiger partial charge in [0.25, 0.3) is 5.91 Å². The molecular formula is C15H16ClN5O2. The number of amides is 1. The minimum absolute atomic E-state index is 0.236. The third-order valence-electron chi connectivity index (χ3n) is 3.69. The van der Waals surface area contributed by atoms with E-state index in [0.29, 0.717) is 12.1 Å². The Morgan fingerprint density at radius 2 is 2.39 bits per heavy atom. The molecule has 2 aromatic heterocycles. The maximum Gasteiger partial charge on any atom is 0.268 e. The molecule has 0 saturated heterocycles. The van der Waals surface area contributed by atoms with Crippen molar-refractivity contribution in [3.05, 3.63) is 40.9 Å². The van der Waals surface area contributed by atoms with Crippen LogP contribution in [0.15, 0.2) is 29.7 Å². The van der Waals surface area contributed by atoms with Gasteiger partial charge in [-0.05, 0) is 26.0 Å². The minimum atomic E-state index is -0.689. The lowest BCUT2D eigenvalue weighted by Gasteiger charge is -2.10. The number of hydrogen-bond acceptors (Lipinski definition) is 5. The summed E-state index contributed by atoms with van der Waals surface area (Å²) in [6.45, 7) is 4.77. The SMILES string of the molecule is CCn1ncc(C2=NOC(C(=O)Nc3cccnc3Cl)C2)c1C.